The van der Waals surface area contributed by atoms with Crippen LogP contribution < -0.4 is 20.9 Å². The molecule has 2 aromatic heterocycles. The van der Waals surface area contributed by atoms with Crippen molar-refractivity contribution in [3.8, 4) is 11.3 Å². The summed E-state index contributed by atoms with van der Waals surface area (Å²) in [4.78, 5) is 24.0. The summed E-state index contributed by atoms with van der Waals surface area (Å²) in [5.74, 6) is 0.688. The van der Waals surface area contributed by atoms with Gasteiger partial charge in [0.1, 0.15) is 0 Å². The molecule has 0 saturated carbocycles. The number of aromatic nitrogens is 4. The van der Waals surface area contributed by atoms with Gasteiger partial charge in [-0.2, -0.15) is 5.10 Å². The highest BCUT2D eigenvalue weighted by molar-refractivity contribution is 6.32. The Morgan fingerprint density at radius 2 is 1.76 bits per heavy atom. The van der Waals surface area contributed by atoms with Crippen LogP contribution in [0.4, 0.5) is 17.3 Å². The molecule has 1 amide bonds. The summed E-state index contributed by atoms with van der Waals surface area (Å²) in [7, 11) is 0. The number of benzene rings is 1. The van der Waals surface area contributed by atoms with E-state index in [1.54, 1.807) is 6.20 Å². The number of carbonyl (C=O) groups is 1. The molecule has 3 fully saturated rings. The van der Waals surface area contributed by atoms with Crippen LogP contribution in [-0.4, -0.2) is 58.4 Å². The van der Waals surface area contributed by atoms with E-state index >= 15 is 0 Å². The van der Waals surface area contributed by atoms with E-state index in [0.29, 0.717) is 29.1 Å². The summed E-state index contributed by atoms with van der Waals surface area (Å²) in [5, 5.41) is 15.1. The second kappa shape index (κ2) is 10.4. The van der Waals surface area contributed by atoms with Gasteiger partial charge in [0.15, 0.2) is 0 Å². The molecule has 10 heteroatoms. The van der Waals surface area contributed by atoms with E-state index in [1.807, 2.05) is 46.2 Å². The van der Waals surface area contributed by atoms with E-state index < -0.39 is 0 Å². The summed E-state index contributed by atoms with van der Waals surface area (Å²) in [5.41, 5.74) is 3.50. The fraction of sp³-hybridized carbons (Fsp3) is 0.481. The average molecular weight is 521 g/mol. The van der Waals surface area contributed by atoms with E-state index in [4.69, 9.17) is 11.6 Å². The number of nitrogens with one attached hydrogen (secondary N) is 3. The molecule has 3 aliphatic heterocycles. The molecule has 194 valence electrons. The molecule has 0 radical (unpaired) electrons. The third-order valence-corrected chi connectivity index (χ3v) is 8.37. The number of hydrogen-bond acceptors (Lipinski definition) is 7. The van der Waals surface area contributed by atoms with Crippen molar-refractivity contribution in [2.75, 3.05) is 42.9 Å². The van der Waals surface area contributed by atoms with Crippen molar-refractivity contribution in [2.24, 2.45) is 5.41 Å². The van der Waals surface area contributed by atoms with Crippen LogP contribution in [0, 0.1) is 5.41 Å². The van der Waals surface area contributed by atoms with Gasteiger partial charge in [-0.05, 0) is 88.0 Å². The van der Waals surface area contributed by atoms with Gasteiger partial charge in [0, 0.05) is 36.1 Å². The minimum atomic E-state index is 0.189. The quantitative estimate of drug-likeness (QED) is 0.464. The van der Waals surface area contributed by atoms with Crippen molar-refractivity contribution >= 4 is 34.8 Å². The van der Waals surface area contributed by atoms with Crippen LogP contribution in [-0.2, 0) is 4.79 Å². The van der Waals surface area contributed by atoms with Gasteiger partial charge in [0.2, 0.25) is 11.9 Å². The summed E-state index contributed by atoms with van der Waals surface area (Å²) >= 11 is 6.46. The monoisotopic (exact) mass is 520 g/mol. The number of hydrogen-bond donors (Lipinski definition) is 3. The molecule has 5 heterocycles. The molecule has 9 nitrogen and oxygen atoms in total. The SMILES string of the molecule is O=C1CC2(CCNCC2)CCN1c1ccc(Nc2ncc(Cl)c(-c3cnn(C4CCNCC4)c3)n2)cc1. The normalized spacial score (nSPS) is 20.4. The molecule has 0 aliphatic carbocycles. The molecule has 3 aromatic rings. The first kappa shape index (κ1) is 24.3. The lowest BCUT2D eigenvalue weighted by atomic mass is 9.71. The van der Waals surface area contributed by atoms with Crippen LogP contribution in [0.15, 0.2) is 42.9 Å². The minimum Gasteiger partial charge on any atom is -0.324 e. The largest absolute Gasteiger partial charge is 0.324 e. The Bertz CT molecular complexity index is 1250. The molecule has 3 saturated heterocycles. The molecule has 0 bridgehead atoms. The zero-order chi connectivity index (χ0) is 25.2. The summed E-state index contributed by atoms with van der Waals surface area (Å²) < 4.78 is 2.02. The fourth-order valence-corrected chi connectivity index (χ4v) is 6.05. The maximum Gasteiger partial charge on any atom is 0.227 e. The van der Waals surface area contributed by atoms with Gasteiger partial charge in [-0.15, -0.1) is 0 Å². The predicted molar refractivity (Wildman–Crippen MR) is 145 cm³/mol. The third kappa shape index (κ3) is 5.21. The molecule has 1 spiro atoms. The fourth-order valence-electron chi connectivity index (χ4n) is 5.85. The highest BCUT2D eigenvalue weighted by atomic mass is 35.5. The first-order valence-electron chi connectivity index (χ1n) is 13.2. The number of piperidine rings is 3. The van der Waals surface area contributed by atoms with Crippen molar-refractivity contribution in [1.29, 1.82) is 0 Å². The molecule has 0 atom stereocenters. The number of nitrogens with zero attached hydrogens (tertiary/aromatic N) is 5. The van der Waals surface area contributed by atoms with E-state index in [9.17, 15) is 4.79 Å². The van der Waals surface area contributed by atoms with Crippen LogP contribution in [0.2, 0.25) is 5.02 Å². The van der Waals surface area contributed by atoms with Gasteiger partial charge in [-0.3, -0.25) is 9.48 Å². The second-order valence-corrected chi connectivity index (χ2v) is 10.9. The highest BCUT2D eigenvalue weighted by Crippen LogP contribution is 2.41. The summed E-state index contributed by atoms with van der Waals surface area (Å²) in [6.07, 6.45) is 11.5. The average Bonchev–Trinajstić information content (AvgIpc) is 3.42. The molecule has 6 rings (SSSR count). The standard InChI is InChI=1S/C27H33ClN8O/c28-23-17-31-26(34-25(23)19-16-32-36(18-19)22-5-10-29-11-6-22)33-20-1-3-21(4-2-20)35-14-9-27(15-24(35)37)7-12-30-13-8-27/h1-4,16-18,22,29-30H,5-15H2,(H,31,33,34). The molecule has 0 unspecified atom stereocenters. The third-order valence-electron chi connectivity index (χ3n) is 8.09. The minimum absolute atomic E-state index is 0.189. The molecular formula is C27H33ClN8O. The van der Waals surface area contributed by atoms with Crippen molar-refractivity contribution in [2.45, 2.75) is 44.6 Å². The van der Waals surface area contributed by atoms with Gasteiger partial charge < -0.3 is 20.9 Å². The lowest BCUT2D eigenvalue weighted by molar-refractivity contribution is -0.123. The zero-order valence-corrected chi connectivity index (χ0v) is 21.7. The van der Waals surface area contributed by atoms with Crippen molar-refractivity contribution in [3.05, 3.63) is 47.9 Å². The Kier molecular flexibility index (Phi) is 6.84. The summed E-state index contributed by atoms with van der Waals surface area (Å²) in [6, 6.07) is 8.29. The van der Waals surface area contributed by atoms with Gasteiger partial charge >= 0.3 is 0 Å². The number of carbonyl (C=O) groups excluding carboxylic acids is 1. The Morgan fingerprint density at radius 3 is 2.51 bits per heavy atom. The van der Waals surface area contributed by atoms with Gasteiger partial charge in [0.25, 0.3) is 0 Å². The van der Waals surface area contributed by atoms with Crippen molar-refractivity contribution < 1.29 is 4.79 Å². The molecule has 1 aromatic carbocycles. The second-order valence-electron chi connectivity index (χ2n) is 10.5. The van der Waals surface area contributed by atoms with E-state index in [2.05, 4.69) is 31.0 Å². The topological polar surface area (TPSA) is 100 Å². The Labute approximate surface area is 222 Å². The first-order chi connectivity index (χ1) is 18.1. The van der Waals surface area contributed by atoms with Crippen LogP contribution in [0.1, 0.15) is 44.6 Å². The van der Waals surface area contributed by atoms with E-state index in [1.165, 1.54) is 0 Å². The number of rotatable bonds is 5. The molecular weight excluding hydrogens is 488 g/mol. The zero-order valence-electron chi connectivity index (χ0n) is 20.9. The lowest BCUT2D eigenvalue weighted by Crippen LogP contribution is -2.48. The van der Waals surface area contributed by atoms with E-state index in [-0.39, 0.29) is 11.3 Å². The van der Waals surface area contributed by atoms with Gasteiger partial charge in [0.05, 0.1) is 29.2 Å². The number of amides is 1. The Balaban J connectivity index is 1.13. The maximum atomic E-state index is 13.0. The van der Waals surface area contributed by atoms with Crippen molar-refractivity contribution in [1.82, 2.24) is 30.4 Å². The number of halogens is 1. The maximum absolute atomic E-state index is 13.0. The van der Waals surface area contributed by atoms with Gasteiger partial charge in [-0.1, -0.05) is 11.6 Å². The van der Waals surface area contributed by atoms with Crippen molar-refractivity contribution in [3.63, 3.8) is 0 Å². The smallest absolute Gasteiger partial charge is 0.227 e. The molecule has 37 heavy (non-hydrogen) atoms. The Morgan fingerprint density at radius 1 is 1.00 bits per heavy atom. The first-order valence-corrected chi connectivity index (χ1v) is 13.6. The molecule has 3 aliphatic rings. The van der Waals surface area contributed by atoms with Crippen LogP contribution >= 0.6 is 11.6 Å². The van der Waals surface area contributed by atoms with E-state index in [0.717, 1.165) is 81.8 Å². The van der Waals surface area contributed by atoms with Gasteiger partial charge in [-0.25, -0.2) is 9.97 Å². The predicted octanol–water partition coefficient (Wildman–Crippen LogP) is 4.16. The van der Waals surface area contributed by atoms with Crippen LogP contribution in [0.25, 0.3) is 11.3 Å². The lowest BCUT2D eigenvalue weighted by Gasteiger charge is -2.43. The van der Waals surface area contributed by atoms with Crippen LogP contribution in [0.3, 0.4) is 0 Å². The number of anilines is 3. The van der Waals surface area contributed by atoms with Crippen LogP contribution in [0.5, 0.6) is 0 Å². The highest BCUT2D eigenvalue weighted by Gasteiger charge is 2.40. The molecule has 3 N–H and O–H groups in total. The Hall–Kier alpha value is -3.01. The summed E-state index contributed by atoms with van der Waals surface area (Å²) in [6.45, 7) is 4.82.